The van der Waals surface area contributed by atoms with Crippen LogP contribution in [-0.2, 0) is 4.79 Å². The second-order valence-electron chi connectivity index (χ2n) is 6.50. The average molecular weight is 276 g/mol. The summed E-state index contributed by atoms with van der Waals surface area (Å²) >= 11 is 0. The van der Waals surface area contributed by atoms with Gasteiger partial charge in [0.25, 0.3) is 0 Å². The zero-order valence-corrected chi connectivity index (χ0v) is 13.3. The van der Waals surface area contributed by atoms with Crippen LogP contribution in [0.5, 0.6) is 0 Å². The molecule has 0 amide bonds. The Bertz CT molecular complexity index is 386. The molecule has 0 radical (unpaired) electrons. The van der Waals surface area contributed by atoms with Crippen LogP contribution in [-0.4, -0.2) is 32.5 Å². The number of nitrogens with zero attached hydrogens (tertiary/aromatic N) is 1. The Labute approximate surface area is 123 Å². The van der Waals surface area contributed by atoms with Gasteiger partial charge in [-0.1, -0.05) is 38.5 Å². The van der Waals surface area contributed by atoms with Crippen molar-refractivity contribution in [1.82, 2.24) is 5.32 Å². The van der Waals surface area contributed by atoms with Crippen molar-refractivity contribution in [3.8, 4) is 0 Å². The Balaban J connectivity index is 0.000000246. The molecule has 3 heteroatoms. The van der Waals surface area contributed by atoms with E-state index in [1.807, 2.05) is 20.8 Å². The number of aryl methyl sites for hydroxylation is 1. The van der Waals surface area contributed by atoms with E-state index in [-0.39, 0.29) is 5.41 Å². The number of carbonyl (C=O) groups excluding carboxylic acids is 1. The Morgan fingerprint density at radius 3 is 2.10 bits per heavy atom. The van der Waals surface area contributed by atoms with Gasteiger partial charge < -0.3 is 15.0 Å². The van der Waals surface area contributed by atoms with Gasteiger partial charge in [-0.15, -0.1) is 0 Å². The fourth-order valence-electron chi connectivity index (χ4n) is 1.93. The van der Waals surface area contributed by atoms with Gasteiger partial charge in [0.15, 0.2) is 0 Å². The summed E-state index contributed by atoms with van der Waals surface area (Å²) in [6.07, 6.45) is 1.62. The minimum Gasteiger partial charge on any atom is -0.369 e. The number of piperazine rings is 1. The Hall–Kier alpha value is -1.35. The lowest BCUT2D eigenvalue weighted by molar-refractivity contribution is -0.109. The van der Waals surface area contributed by atoms with Crippen molar-refractivity contribution in [3.63, 3.8) is 0 Å². The van der Waals surface area contributed by atoms with Crippen molar-refractivity contribution in [2.24, 2.45) is 5.41 Å². The first-order chi connectivity index (χ1) is 9.42. The van der Waals surface area contributed by atoms with Crippen molar-refractivity contribution in [2.75, 3.05) is 31.1 Å². The molecular weight excluding hydrogens is 248 g/mol. The third kappa shape index (κ3) is 6.71. The Morgan fingerprint density at radius 2 is 1.70 bits per heavy atom. The van der Waals surface area contributed by atoms with Crippen molar-refractivity contribution in [1.29, 1.82) is 0 Å². The molecule has 1 fully saturated rings. The highest BCUT2D eigenvalue weighted by molar-refractivity contribution is 5.50. The molecular formula is C17H28N2O. The molecule has 1 heterocycles. The van der Waals surface area contributed by atoms with E-state index >= 15 is 0 Å². The third-order valence-electron chi connectivity index (χ3n) is 3.21. The minimum atomic E-state index is 0.182. The summed E-state index contributed by atoms with van der Waals surface area (Å²) < 4.78 is 0. The lowest BCUT2D eigenvalue weighted by Gasteiger charge is -2.29. The highest BCUT2D eigenvalue weighted by atomic mass is 16.1. The molecule has 1 aromatic rings. The molecule has 0 unspecified atom stereocenters. The molecule has 1 N–H and O–H groups in total. The van der Waals surface area contributed by atoms with E-state index in [1.54, 1.807) is 0 Å². The van der Waals surface area contributed by atoms with Crippen LogP contribution in [0.1, 0.15) is 32.8 Å². The van der Waals surface area contributed by atoms with Gasteiger partial charge in [-0.05, 0) is 24.5 Å². The van der Waals surface area contributed by atoms with Crippen molar-refractivity contribution >= 4 is 12.0 Å². The second kappa shape index (κ2) is 8.05. The maximum absolute atomic E-state index is 9.82. The number of hydrogen-bond donors (Lipinski definition) is 1. The van der Waals surface area contributed by atoms with Gasteiger partial charge >= 0.3 is 0 Å². The molecule has 0 saturated carbocycles. The maximum atomic E-state index is 9.82. The molecule has 3 nitrogen and oxygen atoms in total. The monoisotopic (exact) mass is 276 g/mol. The van der Waals surface area contributed by atoms with Crippen LogP contribution in [0, 0.1) is 12.3 Å². The molecule has 1 aliphatic rings. The van der Waals surface area contributed by atoms with Crippen LogP contribution < -0.4 is 10.2 Å². The predicted molar refractivity (Wildman–Crippen MR) is 86.4 cm³/mol. The number of aldehydes is 1. The fourth-order valence-corrected chi connectivity index (χ4v) is 1.93. The highest BCUT2D eigenvalue weighted by Crippen LogP contribution is 2.15. The number of nitrogens with one attached hydrogen (secondary N) is 1. The standard InChI is InChI=1S/C11H16N2.C6H12O/c1-10-2-4-11(5-3-10)13-8-6-12-7-9-13;1-6(2,3)4-5-7/h2-5,12H,6-9H2,1H3;5H,4H2,1-3H3. The van der Waals surface area contributed by atoms with E-state index in [1.165, 1.54) is 11.3 Å². The normalized spacial score (nSPS) is 15.3. The van der Waals surface area contributed by atoms with E-state index in [4.69, 9.17) is 0 Å². The second-order valence-corrected chi connectivity index (χ2v) is 6.50. The Morgan fingerprint density at radius 1 is 1.15 bits per heavy atom. The first kappa shape index (κ1) is 16.7. The first-order valence-corrected chi connectivity index (χ1v) is 7.38. The fraction of sp³-hybridized carbons (Fsp3) is 0.588. The van der Waals surface area contributed by atoms with Crippen LogP contribution in [0.3, 0.4) is 0 Å². The molecule has 0 aromatic heterocycles. The molecule has 0 atom stereocenters. The highest BCUT2D eigenvalue weighted by Gasteiger charge is 2.09. The molecule has 0 bridgehead atoms. The first-order valence-electron chi connectivity index (χ1n) is 7.38. The number of rotatable bonds is 2. The SMILES string of the molecule is CC(C)(C)CC=O.Cc1ccc(N2CCNCC2)cc1. The molecule has 1 saturated heterocycles. The zero-order valence-electron chi connectivity index (χ0n) is 13.3. The number of anilines is 1. The van der Waals surface area contributed by atoms with Gasteiger partial charge in [-0.25, -0.2) is 0 Å². The van der Waals surface area contributed by atoms with E-state index in [0.717, 1.165) is 32.5 Å². The summed E-state index contributed by atoms with van der Waals surface area (Å²) in [6.45, 7) is 12.7. The topological polar surface area (TPSA) is 32.3 Å². The predicted octanol–water partition coefficient (Wildman–Crippen LogP) is 3.03. The lowest BCUT2D eigenvalue weighted by Crippen LogP contribution is -2.43. The molecule has 1 aromatic carbocycles. The number of hydrogen-bond acceptors (Lipinski definition) is 3. The molecule has 2 rings (SSSR count). The smallest absolute Gasteiger partial charge is 0.120 e. The molecule has 0 spiro atoms. The van der Waals surface area contributed by atoms with Crippen LogP contribution >= 0.6 is 0 Å². The van der Waals surface area contributed by atoms with Crippen molar-refractivity contribution < 1.29 is 4.79 Å². The molecule has 20 heavy (non-hydrogen) atoms. The van der Waals surface area contributed by atoms with Gasteiger partial charge in [0.1, 0.15) is 6.29 Å². The van der Waals surface area contributed by atoms with Crippen LogP contribution in [0.2, 0.25) is 0 Å². The maximum Gasteiger partial charge on any atom is 0.120 e. The van der Waals surface area contributed by atoms with Crippen LogP contribution in [0.4, 0.5) is 5.69 Å². The average Bonchev–Trinajstić information content (AvgIpc) is 2.40. The summed E-state index contributed by atoms with van der Waals surface area (Å²) in [4.78, 5) is 12.2. The minimum absolute atomic E-state index is 0.182. The van der Waals surface area contributed by atoms with Gasteiger partial charge in [-0.3, -0.25) is 0 Å². The number of carbonyl (C=O) groups is 1. The van der Waals surface area contributed by atoms with Crippen molar-refractivity contribution in [2.45, 2.75) is 34.1 Å². The summed E-state index contributed by atoms with van der Waals surface area (Å²) in [5.74, 6) is 0. The van der Waals surface area contributed by atoms with Gasteiger partial charge in [0.2, 0.25) is 0 Å². The van der Waals surface area contributed by atoms with E-state index < -0.39 is 0 Å². The van der Waals surface area contributed by atoms with Gasteiger partial charge in [-0.2, -0.15) is 0 Å². The summed E-state index contributed by atoms with van der Waals surface area (Å²) in [5.41, 5.74) is 2.87. The molecule has 0 aliphatic carbocycles. The van der Waals surface area contributed by atoms with Crippen LogP contribution in [0.25, 0.3) is 0 Å². The summed E-state index contributed by atoms with van der Waals surface area (Å²) in [7, 11) is 0. The molecule has 112 valence electrons. The van der Waals surface area contributed by atoms with Crippen molar-refractivity contribution in [3.05, 3.63) is 29.8 Å². The van der Waals surface area contributed by atoms with Gasteiger partial charge in [0.05, 0.1) is 0 Å². The van der Waals surface area contributed by atoms with E-state index in [0.29, 0.717) is 6.42 Å². The zero-order chi connectivity index (χ0) is 15.0. The third-order valence-corrected chi connectivity index (χ3v) is 3.21. The van der Waals surface area contributed by atoms with E-state index in [9.17, 15) is 4.79 Å². The quantitative estimate of drug-likeness (QED) is 0.843. The summed E-state index contributed by atoms with van der Waals surface area (Å²) in [5, 5.41) is 3.35. The Kier molecular flexibility index (Phi) is 6.73. The van der Waals surface area contributed by atoms with Crippen LogP contribution in [0.15, 0.2) is 24.3 Å². The number of benzene rings is 1. The molecule has 1 aliphatic heterocycles. The van der Waals surface area contributed by atoms with E-state index in [2.05, 4.69) is 41.4 Å². The lowest BCUT2D eigenvalue weighted by atomic mass is 9.93. The largest absolute Gasteiger partial charge is 0.369 e. The van der Waals surface area contributed by atoms with Gasteiger partial charge in [0, 0.05) is 38.3 Å². The summed E-state index contributed by atoms with van der Waals surface area (Å²) in [6, 6.07) is 8.77.